The second kappa shape index (κ2) is 11.1. The largest absolute Gasteiger partial charge is 0.497 e. The average molecular weight is 488 g/mol. The van der Waals surface area contributed by atoms with Gasteiger partial charge in [-0.1, -0.05) is 41.6 Å². The zero-order valence-corrected chi connectivity index (χ0v) is 21.1. The van der Waals surface area contributed by atoms with Crippen molar-refractivity contribution in [1.82, 2.24) is 14.8 Å². The number of aromatic nitrogens is 3. The highest BCUT2D eigenvalue weighted by molar-refractivity contribution is 7.99. The third kappa shape index (κ3) is 6.02. The Labute approximate surface area is 209 Å². The van der Waals surface area contributed by atoms with Crippen molar-refractivity contribution in [3.05, 3.63) is 89.2 Å². The first-order valence-electron chi connectivity index (χ1n) is 11.3. The molecular weight excluding hydrogens is 458 g/mol. The van der Waals surface area contributed by atoms with Crippen LogP contribution >= 0.6 is 11.8 Å². The van der Waals surface area contributed by atoms with E-state index in [1.54, 1.807) is 7.11 Å². The fraction of sp³-hybridized carbons (Fsp3) is 0.222. The van der Waals surface area contributed by atoms with E-state index in [1.807, 2.05) is 73.0 Å². The van der Waals surface area contributed by atoms with E-state index in [-0.39, 0.29) is 11.7 Å². The molecule has 0 aliphatic carbocycles. The van der Waals surface area contributed by atoms with Gasteiger partial charge in [-0.25, -0.2) is 0 Å². The van der Waals surface area contributed by atoms with E-state index in [0.29, 0.717) is 11.7 Å². The molecule has 0 saturated carbocycles. The summed E-state index contributed by atoms with van der Waals surface area (Å²) in [6.07, 6.45) is 0. The van der Waals surface area contributed by atoms with Gasteiger partial charge in [0.2, 0.25) is 5.91 Å². The Balaban J connectivity index is 1.51. The van der Waals surface area contributed by atoms with E-state index < -0.39 is 0 Å². The van der Waals surface area contributed by atoms with Crippen LogP contribution in [0.4, 0.5) is 11.4 Å². The lowest BCUT2D eigenvalue weighted by molar-refractivity contribution is -0.113. The highest BCUT2D eigenvalue weighted by Crippen LogP contribution is 2.25. The minimum Gasteiger partial charge on any atom is -0.497 e. The Morgan fingerprint density at radius 1 is 0.971 bits per heavy atom. The number of ether oxygens (including phenoxy) is 1. The summed E-state index contributed by atoms with van der Waals surface area (Å²) in [6.45, 7) is 6.57. The minimum atomic E-state index is -0.0833. The van der Waals surface area contributed by atoms with Crippen LogP contribution in [0.5, 0.6) is 5.75 Å². The van der Waals surface area contributed by atoms with Crippen molar-refractivity contribution in [1.29, 1.82) is 0 Å². The lowest BCUT2D eigenvalue weighted by Gasteiger charge is -2.13. The van der Waals surface area contributed by atoms with Crippen molar-refractivity contribution < 1.29 is 9.53 Å². The number of nitrogens with one attached hydrogen (secondary N) is 2. The Morgan fingerprint density at radius 2 is 1.71 bits per heavy atom. The summed E-state index contributed by atoms with van der Waals surface area (Å²) < 4.78 is 7.22. The van der Waals surface area contributed by atoms with Crippen LogP contribution in [0.2, 0.25) is 0 Å². The van der Waals surface area contributed by atoms with Gasteiger partial charge in [0.15, 0.2) is 11.0 Å². The molecule has 4 rings (SSSR count). The molecule has 2 N–H and O–H groups in total. The fourth-order valence-electron chi connectivity index (χ4n) is 3.55. The molecule has 7 nitrogen and oxygen atoms in total. The second-order valence-electron chi connectivity index (χ2n) is 8.24. The number of carbonyl (C=O) groups excluding carboxylic acids is 1. The van der Waals surface area contributed by atoms with Gasteiger partial charge in [-0.05, 0) is 74.4 Å². The average Bonchev–Trinajstić information content (AvgIpc) is 3.28. The number of hydrogen-bond donors (Lipinski definition) is 2. The summed E-state index contributed by atoms with van der Waals surface area (Å²) in [5.41, 5.74) is 6.11. The Morgan fingerprint density at radius 3 is 2.43 bits per heavy atom. The molecular formula is C27H29N5O2S. The fourth-order valence-corrected chi connectivity index (χ4v) is 4.33. The van der Waals surface area contributed by atoms with Crippen LogP contribution in [-0.4, -0.2) is 33.5 Å². The van der Waals surface area contributed by atoms with Gasteiger partial charge in [0.1, 0.15) is 5.75 Å². The van der Waals surface area contributed by atoms with Gasteiger partial charge in [-0.15, -0.1) is 10.2 Å². The first kappa shape index (κ1) is 24.3. The van der Waals surface area contributed by atoms with Crippen molar-refractivity contribution in [2.45, 2.75) is 32.5 Å². The molecule has 8 heteroatoms. The third-order valence-electron chi connectivity index (χ3n) is 5.74. The molecule has 3 aromatic carbocycles. The number of methoxy groups -OCH3 is 1. The number of hydrogen-bond acceptors (Lipinski definition) is 6. The SMILES string of the molecule is COc1ccc(NCc2nnc(SCC(=O)Nc3cccc(C)c3C)n2-c2ccc(C)cc2)cc1. The monoisotopic (exact) mass is 487 g/mol. The molecule has 35 heavy (non-hydrogen) atoms. The zero-order chi connectivity index (χ0) is 24.8. The summed E-state index contributed by atoms with van der Waals surface area (Å²) in [5, 5.41) is 15.9. The summed E-state index contributed by atoms with van der Waals surface area (Å²) in [7, 11) is 1.65. The standard InChI is InChI=1S/C27H29N5O2S/c1-18-8-12-22(13-9-18)32-25(16-28-21-10-14-23(34-4)15-11-21)30-31-27(32)35-17-26(33)29-24-7-5-6-19(2)20(24)3/h5-15,28H,16-17H2,1-4H3,(H,29,33). The quantitative estimate of drug-likeness (QED) is 0.302. The topological polar surface area (TPSA) is 81.1 Å². The summed E-state index contributed by atoms with van der Waals surface area (Å²) in [4.78, 5) is 12.7. The molecule has 1 amide bonds. The lowest BCUT2D eigenvalue weighted by atomic mass is 10.1. The number of benzene rings is 3. The molecule has 1 heterocycles. The number of amides is 1. The third-order valence-corrected chi connectivity index (χ3v) is 6.67. The first-order valence-corrected chi connectivity index (χ1v) is 12.3. The maximum atomic E-state index is 12.7. The van der Waals surface area contributed by atoms with Gasteiger partial charge in [-0.2, -0.15) is 0 Å². The molecule has 0 fully saturated rings. The van der Waals surface area contributed by atoms with Crippen molar-refractivity contribution >= 4 is 29.0 Å². The summed E-state index contributed by atoms with van der Waals surface area (Å²) >= 11 is 1.36. The van der Waals surface area contributed by atoms with Crippen LogP contribution in [-0.2, 0) is 11.3 Å². The van der Waals surface area contributed by atoms with Gasteiger partial charge >= 0.3 is 0 Å². The molecule has 0 atom stereocenters. The van der Waals surface area contributed by atoms with E-state index >= 15 is 0 Å². The molecule has 0 spiro atoms. The molecule has 0 unspecified atom stereocenters. The zero-order valence-electron chi connectivity index (χ0n) is 20.3. The van der Waals surface area contributed by atoms with Crippen molar-refractivity contribution in [2.75, 3.05) is 23.5 Å². The number of aryl methyl sites for hydroxylation is 2. The molecule has 4 aromatic rings. The van der Waals surface area contributed by atoms with Gasteiger partial charge in [0, 0.05) is 17.1 Å². The van der Waals surface area contributed by atoms with E-state index in [4.69, 9.17) is 4.74 Å². The minimum absolute atomic E-state index is 0.0833. The van der Waals surface area contributed by atoms with Gasteiger partial charge < -0.3 is 15.4 Å². The van der Waals surface area contributed by atoms with Gasteiger partial charge in [0.05, 0.1) is 19.4 Å². The predicted molar refractivity (Wildman–Crippen MR) is 142 cm³/mol. The Kier molecular flexibility index (Phi) is 7.72. The summed E-state index contributed by atoms with van der Waals surface area (Å²) in [6, 6.07) is 21.8. The van der Waals surface area contributed by atoms with Crippen LogP contribution in [0.25, 0.3) is 5.69 Å². The number of carbonyl (C=O) groups is 1. The van der Waals surface area contributed by atoms with Crippen LogP contribution in [0.15, 0.2) is 71.9 Å². The Hall–Kier alpha value is -3.78. The number of nitrogens with zero attached hydrogens (tertiary/aromatic N) is 3. The van der Waals surface area contributed by atoms with E-state index in [9.17, 15) is 4.79 Å². The molecule has 0 bridgehead atoms. The highest BCUT2D eigenvalue weighted by Gasteiger charge is 2.16. The number of anilines is 2. The van der Waals surface area contributed by atoms with Gasteiger partial charge in [-0.3, -0.25) is 9.36 Å². The lowest BCUT2D eigenvalue weighted by Crippen LogP contribution is -2.16. The van der Waals surface area contributed by atoms with Crippen molar-refractivity contribution in [3.63, 3.8) is 0 Å². The van der Waals surface area contributed by atoms with E-state index in [2.05, 4.69) is 39.9 Å². The molecule has 0 aliphatic rings. The van der Waals surface area contributed by atoms with Crippen LogP contribution < -0.4 is 15.4 Å². The van der Waals surface area contributed by atoms with Gasteiger partial charge in [0.25, 0.3) is 0 Å². The predicted octanol–water partition coefficient (Wildman–Crippen LogP) is 5.54. The maximum Gasteiger partial charge on any atom is 0.234 e. The number of thioether (sulfide) groups is 1. The van der Waals surface area contributed by atoms with Crippen LogP contribution in [0.1, 0.15) is 22.5 Å². The van der Waals surface area contributed by atoms with Crippen LogP contribution in [0, 0.1) is 20.8 Å². The highest BCUT2D eigenvalue weighted by atomic mass is 32.2. The van der Waals surface area contributed by atoms with Crippen molar-refractivity contribution in [3.8, 4) is 11.4 Å². The number of rotatable bonds is 9. The second-order valence-corrected chi connectivity index (χ2v) is 9.18. The van der Waals surface area contributed by atoms with Crippen molar-refractivity contribution in [2.24, 2.45) is 0 Å². The summed E-state index contributed by atoms with van der Waals surface area (Å²) in [5.74, 6) is 1.70. The normalized spacial score (nSPS) is 10.7. The molecule has 0 saturated heterocycles. The first-order chi connectivity index (χ1) is 16.9. The maximum absolute atomic E-state index is 12.7. The smallest absolute Gasteiger partial charge is 0.234 e. The molecule has 1 aromatic heterocycles. The van der Waals surface area contributed by atoms with Crippen LogP contribution in [0.3, 0.4) is 0 Å². The van der Waals surface area contributed by atoms with E-state index in [0.717, 1.165) is 39.8 Å². The Bertz CT molecular complexity index is 1300. The molecule has 0 aliphatic heterocycles. The molecule has 0 radical (unpaired) electrons. The molecule has 180 valence electrons. The van der Waals surface area contributed by atoms with E-state index in [1.165, 1.54) is 17.3 Å².